The number of carbonyl (C=O) groups excluding carboxylic acids is 1. The maximum absolute atomic E-state index is 12.9. The van der Waals surface area contributed by atoms with Gasteiger partial charge >= 0.3 is 0 Å². The minimum atomic E-state index is -0.822. The molecule has 0 aliphatic heterocycles. The van der Waals surface area contributed by atoms with Crippen LogP contribution in [0.25, 0.3) is 0 Å². The van der Waals surface area contributed by atoms with Crippen LogP contribution in [0.4, 0.5) is 8.78 Å². The van der Waals surface area contributed by atoms with Crippen LogP contribution in [0.2, 0.25) is 0 Å². The average Bonchev–Trinajstić information content (AvgIpc) is 2.72. The first-order chi connectivity index (χ1) is 13.5. The summed E-state index contributed by atoms with van der Waals surface area (Å²) in [6.07, 6.45) is -0.822. The fraction of sp³-hybridized carbons (Fsp3) is 0.381. The number of aliphatic hydroxyl groups is 1. The molecular formula is C21H26F2N2O3. The van der Waals surface area contributed by atoms with Crippen LogP contribution in [0.5, 0.6) is 5.75 Å². The van der Waals surface area contributed by atoms with Gasteiger partial charge < -0.3 is 15.2 Å². The fourth-order valence-corrected chi connectivity index (χ4v) is 2.81. The lowest BCUT2D eigenvalue weighted by molar-refractivity contribution is -0.125. The van der Waals surface area contributed by atoms with Gasteiger partial charge in [-0.1, -0.05) is 18.2 Å². The first kappa shape index (κ1) is 21.8. The Morgan fingerprint density at radius 3 is 2.11 bits per heavy atom. The summed E-state index contributed by atoms with van der Waals surface area (Å²) in [7, 11) is 1.52. The zero-order valence-electron chi connectivity index (χ0n) is 16.0. The smallest absolute Gasteiger partial charge is 0.239 e. The Kier molecular flexibility index (Phi) is 8.35. The molecule has 2 aromatic carbocycles. The van der Waals surface area contributed by atoms with Crippen molar-refractivity contribution >= 4 is 5.91 Å². The van der Waals surface area contributed by atoms with E-state index in [0.717, 1.165) is 5.56 Å². The lowest BCUT2D eigenvalue weighted by Gasteiger charge is -2.20. The molecule has 0 bridgehead atoms. The molecule has 3 N–H and O–H groups in total. The summed E-state index contributed by atoms with van der Waals surface area (Å²) in [4.78, 5) is 11.7. The lowest BCUT2D eigenvalue weighted by atomic mass is 10.1. The van der Waals surface area contributed by atoms with E-state index in [2.05, 4.69) is 10.6 Å². The highest BCUT2D eigenvalue weighted by molar-refractivity contribution is 5.82. The molecule has 0 saturated heterocycles. The molecule has 0 spiro atoms. The third kappa shape index (κ3) is 6.28. The number of aliphatic hydroxyl groups excluding tert-OH is 1. The summed E-state index contributed by atoms with van der Waals surface area (Å²) >= 11 is 0. The molecule has 5 nitrogen and oxygen atoms in total. The molecule has 0 aromatic heterocycles. The van der Waals surface area contributed by atoms with Crippen molar-refractivity contribution in [3.8, 4) is 5.75 Å². The van der Waals surface area contributed by atoms with Gasteiger partial charge in [-0.05, 0) is 53.4 Å². The Hall–Kier alpha value is -2.51. The van der Waals surface area contributed by atoms with E-state index in [1.165, 1.54) is 13.1 Å². The molecule has 2 unspecified atom stereocenters. The van der Waals surface area contributed by atoms with Gasteiger partial charge in [-0.2, -0.15) is 0 Å². The minimum Gasteiger partial charge on any atom is -0.489 e. The summed E-state index contributed by atoms with van der Waals surface area (Å²) in [5, 5.41) is 15.2. The molecule has 28 heavy (non-hydrogen) atoms. The Balaban J connectivity index is 1.93. The Morgan fingerprint density at radius 1 is 1.04 bits per heavy atom. The van der Waals surface area contributed by atoms with Crippen molar-refractivity contribution in [2.45, 2.75) is 45.6 Å². The Bertz CT molecular complexity index is 744. The van der Waals surface area contributed by atoms with Crippen LogP contribution >= 0.6 is 0 Å². The summed E-state index contributed by atoms with van der Waals surface area (Å²) in [6.45, 7) is 0.870. The van der Waals surface area contributed by atoms with Gasteiger partial charge in [-0.25, -0.2) is 8.78 Å². The van der Waals surface area contributed by atoms with Crippen molar-refractivity contribution in [3.63, 3.8) is 0 Å². The molecule has 2 aromatic rings. The number of alkyl halides is 2. The third-order valence-electron chi connectivity index (χ3n) is 4.29. The van der Waals surface area contributed by atoms with Crippen LogP contribution < -0.4 is 15.4 Å². The molecule has 7 heteroatoms. The van der Waals surface area contributed by atoms with Crippen LogP contribution in [-0.2, 0) is 31.3 Å². The summed E-state index contributed by atoms with van der Waals surface area (Å²) in [5.41, 5.74) is 2.48. The molecule has 0 radical (unpaired) electrons. The van der Waals surface area contributed by atoms with E-state index >= 15 is 0 Å². The number of ether oxygens (including phenoxy) is 1. The van der Waals surface area contributed by atoms with E-state index in [1.54, 1.807) is 31.2 Å². The van der Waals surface area contributed by atoms with E-state index in [-0.39, 0.29) is 12.5 Å². The zero-order valence-corrected chi connectivity index (χ0v) is 16.0. The highest BCUT2D eigenvalue weighted by atomic mass is 19.1. The SMILES string of the molecule is CNC(=O)C(NCc1ccc(OCc2cc(CF)cc(CF)c2)cc1)C(C)O. The second kappa shape index (κ2) is 10.7. The van der Waals surface area contributed by atoms with Crippen molar-refractivity contribution in [2.24, 2.45) is 0 Å². The highest BCUT2D eigenvalue weighted by Crippen LogP contribution is 2.17. The molecule has 0 heterocycles. The van der Waals surface area contributed by atoms with Gasteiger partial charge in [0.2, 0.25) is 5.91 Å². The molecule has 2 rings (SSSR count). The summed E-state index contributed by atoms with van der Waals surface area (Å²) in [5.74, 6) is 0.340. The average molecular weight is 392 g/mol. The predicted octanol–water partition coefficient (Wildman–Crippen LogP) is 2.79. The number of nitrogens with one attached hydrogen (secondary N) is 2. The van der Waals surface area contributed by atoms with Crippen molar-refractivity contribution < 1.29 is 23.4 Å². The lowest BCUT2D eigenvalue weighted by Crippen LogP contribution is -2.49. The first-order valence-corrected chi connectivity index (χ1v) is 9.05. The van der Waals surface area contributed by atoms with Crippen LogP contribution in [-0.4, -0.2) is 30.2 Å². The number of hydrogen-bond donors (Lipinski definition) is 3. The maximum atomic E-state index is 12.9. The van der Waals surface area contributed by atoms with E-state index in [0.29, 0.717) is 29.0 Å². The van der Waals surface area contributed by atoms with Crippen LogP contribution in [0.1, 0.15) is 29.2 Å². The second-order valence-electron chi connectivity index (χ2n) is 6.57. The van der Waals surface area contributed by atoms with Gasteiger partial charge in [0, 0.05) is 13.6 Å². The highest BCUT2D eigenvalue weighted by Gasteiger charge is 2.21. The third-order valence-corrected chi connectivity index (χ3v) is 4.29. The Labute approximate surface area is 163 Å². The fourth-order valence-electron chi connectivity index (χ4n) is 2.81. The standard InChI is InChI=1S/C21H26F2N2O3/c1-14(26)20(21(27)24-2)25-12-15-3-5-19(6-4-15)28-13-18-8-16(10-22)7-17(9-18)11-23/h3-9,14,20,25-26H,10-13H2,1-2H3,(H,24,27). The van der Waals surface area contributed by atoms with Gasteiger partial charge in [0.05, 0.1) is 6.10 Å². The van der Waals surface area contributed by atoms with Gasteiger partial charge in [-0.3, -0.25) is 10.1 Å². The van der Waals surface area contributed by atoms with Crippen molar-refractivity contribution in [3.05, 3.63) is 64.7 Å². The molecule has 152 valence electrons. The molecule has 0 saturated carbocycles. The van der Waals surface area contributed by atoms with Gasteiger partial charge in [0.1, 0.15) is 31.7 Å². The van der Waals surface area contributed by atoms with Crippen LogP contribution in [0.3, 0.4) is 0 Å². The first-order valence-electron chi connectivity index (χ1n) is 9.05. The second-order valence-corrected chi connectivity index (χ2v) is 6.57. The number of benzene rings is 2. The van der Waals surface area contributed by atoms with Gasteiger partial charge in [0.25, 0.3) is 0 Å². The summed E-state index contributed by atoms with van der Waals surface area (Å²) in [6, 6.07) is 11.4. The number of hydrogen-bond acceptors (Lipinski definition) is 4. The number of carbonyl (C=O) groups is 1. The normalized spacial score (nSPS) is 13.0. The monoisotopic (exact) mass is 392 g/mol. The topological polar surface area (TPSA) is 70.6 Å². The Morgan fingerprint density at radius 2 is 1.61 bits per heavy atom. The largest absolute Gasteiger partial charge is 0.489 e. The van der Waals surface area contributed by atoms with Crippen molar-refractivity contribution in [1.82, 2.24) is 10.6 Å². The quantitative estimate of drug-likeness (QED) is 0.582. The number of amides is 1. The van der Waals surface area contributed by atoms with E-state index < -0.39 is 25.5 Å². The molecule has 0 aliphatic rings. The number of halogens is 2. The molecular weight excluding hydrogens is 366 g/mol. The number of rotatable bonds is 10. The van der Waals surface area contributed by atoms with Crippen LogP contribution in [0.15, 0.2) is 42.5 Å². The molecule has 0 fully saturated rings. The van der Waals surface area contributed by atoms with E-state index in [9.17, 15) is 18.7 Å². The van der Waals surface area contributed by atoms with E-state index in [1.807, 2.05) is 12.1 Å². The maximum Gasteiger partial charge on any atom is 0.239 e. The van der Waals surface area contributed by atoms with Gasteiger partial charge in [0.15, 0.2) is 0 Å². The van der Waals surface area contributed by atoms with E-state index in [4.69, 9.17) is 4.74 Å². The van der Waals surface area contributed by atoms with Crippen molar-refractivity contribution in [1.29, 1.82) is 0 Å². The van der Waals surface area contributed by atoms with Crippen LogP contribution in [0, 0.1) is 0 Å². The minimum absolute atomic E-state index is 0.208. The molecule has 1 amide bonds. The summed E-state index contributed by atoms with van der Waals surface area (Å²) < 4.78 is 31.4. The molecule has 2 atom stereocenters. The number of likely N-dealkylation sites (N-methyl/N-ethyl adjacent to an activating group) is 1. The van der Waals surface area contributed by atoms with Gasteiger partial charge in [-0.15, -0.1) is 0 Å². The predicted molar refractivity (Wildman–Crippen MR) is 103 cm³/mol. The molecule has 0 aliphatic carbocycles. The van der Waals surface area contributed by atoms with Crippen molar-refractivity contribution in [2.75, 3.05) is 7.05 Å². The zero-order chi connectivity index (χ0) is 20.5.